The highest BCUT2D eigenvalue weighted by Gasteiger charge is 2.25. The van der Waals surface area contributed by atoms with Crippen LogP contribution in [0, 0.1) is 6.92 Å². The zero-order chi connectivity index (χ0) is 23.4. The normalized spacial score (nSPS) is 16.7. The molecule has 2 N–H and O–H groups in total. The van der Waals surface area contributed by atoms with Gasteiger partial charge in [-0.15, -0.1) is 0 Å². The van der Waals surface area contributed by atoms with Crippen LogP contribution in [-0.2, 0) is 4.79 Å². The highest BCUT2D eigenvalue weighted by atomic mass is 16.2. The standard InChI is InChI=1S/C25H34N6O2/c1-17(2)24-26-18(3)16-22(29-24)31-14-12-30(13-15-31)11-10-23(32)28-21-7-5-4-6-20(21)25(33)27-19-8-9-19/h4-7,16-17,19H,8-15H2,1-3H3,(H,27,33)(H,28,32). The Hall–Kier alpha value is -3.00. The van der Waals surface area contributed by atoms with Crippen molar-refractivity contribution in [3.63, 3.8) is 0 Å². The second-order valence-electron chi connectivity index (χ2n) is 9.30. The summed E-state index contributed by atoms with van der Waals surface area (Å²) >= 11 is 0. The maximum atomic E-state index is 12.6. The van der Waals surface area contributed by atoms with Gasteiger partial charge in [0.2, 0.25) is 5.91 Å². The number of nitrogens with zero attached hydrogens (tertiary/aromatic N) is 4. The van der Waals surface area contributed by atoms with E-state index in [0.717, 1.165) is 56.4 Å². The third-order valence-corrected chi connectivity index (χ3v) is 6.08. The topological polar surface area (TPSA) is 90.5 Å². The molecule has 0 unspecified atom stereocenters. The zero-order valence-corrected chi connectivity index (χ0v) is 19.8. The SMILES string of the molecule is Cc1cc(N2CCN(CCC(=O)Nc3ccccc3C(=O)NC3CC3)CC2)nc(C(C)C)n1. The minimum absolute atomic E-state index is 0.0721. The first-order chi connectivity index (χ1) is 15.9. The summed E-state index contributed by atoms with van der Waals surface area (Å²) in [5, 5.41) is 5.91. The smallest absolute Gasteiger partial charge is 0.253 e. The monoisotopic (exact) mass is 450 g/mol. The molecule has 0 atom stereocenters. The van der Waals surface area contributed by atoms with Crippen LogP contribution in [0.15, 0.2) is 30.3 Å². The van der Waals surface area contributed by atoms with Gasteiger partial charge in [0.25, 0.3) is 5.91 Å². The van der Waals surface area contributed by atoms with Gasteiger partial charge < -0.3 is 15.5 Å². The molecular formula is C25H34N6O2. The molecule has 4 rings (SSSR count). The second-order valence-corrected chi connectivity index (χ2v) is 9.30. The second kappa shape index (κ2) is 10.3. The Balaban J connectivity index is 1.26. The summed E-state index contributed by atoms with van der Waals surface area (Å²) in [6, 6.07) is 9.52. The van der Waals surface area contributed by atoms with Crippen molar-refractivity contribution in [2.24, 2.45) is 0 Å². The lowest BCUT2D eigenvalue weighted by Gasteiger charge is -2.35. The lowest BCUT2D eigenvalue weighted by atomic mass is 10.1. The number of anilines is 2. The molecule has 0 spiro atoms. The molecule has 0 bridgehead atoms. The molecule has 2 heterocycles. The van der Waals surface area contributed by atoms with Crippen LogP contribution >= 0.6 is 0 Å². The third kappa shape index (κ3) is 6.28. The number of para-hydroxylation sites is 1. The number of piperazine rings is 1. The number of aromatic nitrogens is 2. The molecular weight excluding hydrogens is 416 g/mol. The maximum Gasteiger partial charge on any atom is 0.253 e. The first kappa shape index (κ1) is 23.2. The van der Waals surface area contributed by atoms with Crippen molar-refractivity contribution in [1.29, 1.82) is 0 Å². The van der Waals surface area contributed by atoms with E-state index in [4.69, 9.17) is 4.98 Å². The Morgan fingerprint density at radius 1 is 1.09 bits per heavy atom. The van der Waals surface area contributed by atoms with E-state index in [-0.39, 0.29) is 17.9 Å². The number of hydrogen-bond acceptors (Lipinski definition) is 6. The van der Waals surface area contributed by atoms with Gasteiger partial charge in [0.15, 0.2) is 0 Å². The fourth-order valence-electron chi connectivity index (χ4n) is 3.95. The largest absolute Gasteiger partial charge is 0.354 e. The molecule has 1 saturated heterocycles. The summed E-state index contributed by atoms with van der Waals surface area (Å²) in [6.07, 6.45) is 2.45. The summed E-state index contributed by atoms with van der Waals surface area (Å²) in [6.45, 7) is 10.4. The van der Waals surface area contributed by atoms with E-state index >= 15 is 0 Å². The lowest BCUT2D eigenvalue weighted by molar-refractivity contribution is -0.116. The summed E-state index contributed by atoms with van der Waals surface area (Å²) in [4.78, 5) is 38.9. The molecule has 1 aliphatic heterocycles. The van der Waals surface area contributed by atoms with Gasteiger partial charge in [0.05, 0.1) is 11.3 Å². The fourth-order valence-corrected chi connectivity index (χ4v) is 3.95. The highest BCUT2D eigenvalue weighted by Crippen LogP contribution is 2.22. The number of amides is 2. The number of hydrogen-bond donors (Lipinski definition) is 2. The van der Waals surface area contributed by atoms with Crippen molar-refractivity contribution >= 4 is 23.3 Å². The number of benzene rings is 1. The first-order valence-electron chi connectivity index (χ1n) is 11.9. The molecule has 1 aromatic carbocycles. The van der Waals surface area contributed by atoms with Crippen LogP contribution in [0.1, 0.15) is 60.9 Å². The molecule has 1 saturated carbocycles. The van der Waals surface area contributed by atoms with Crippen LogP contribution in [0.2, 0.25) is 0 Å². The highest BCUT2D eigenvalue weighted by molar-refractivity contribution is 6.03. The Morgan fingerprint density at radius 2 is 1.82 bits per heavy atom. The summed E-state index contributed by atoms with van der Waals surface area (Å²) < 4.78 is 0. The molecule has 1 aliphatic carbocycles. The van der Waals surface area contributed by atoms with E-state index in [1.165, 1.54) is 0 Å². The minimum atomic E-state index is -0.120. The zero-order valence-electron chi connectivity index (χ0n) is 19.8. The van der Waals surface area contributed by atoms with Gasteiger partial charge in [0, 0.05) is 62.9 Å². The van der Waals surface area contributed by atoms with Crippen molar-refractivity contribution < 1.29 is 9.59 Å². The summed E-state index contributed by atoms with van der Waals surface area (Å²) in [5.41, 5.74) is 2.09. The molecule has 1 aromatic heterocycles. The Labute approximate surface area is 195 Å². The van der Waals surface area contributed by atoms with Crippen LogP contribution in [0.5, 0.6) is 0 Å². The predicted octanol–water partition coefficient (Wildman–Crippen LogP) is 2.95. The van der Waals surface area contributed by atoms with Crippen LogP contribution in [0.25, 0.3) is 0 Å². The number of carbonyl (C=O) groups is 2. The molecule has 8 nitrogen and oxygen atoms in total. The van der Waals surface area contributed by atoms with Gasteiger partial charge in [0.1, 0.15) is 11.6 Å². The summed E-state index contributed by atoms with van der Waals surface area (Å²) in [7, 11) is 0. The van der Waals surface area contributed by atoms with Crippen molar-refractivity contribution in [3.8, 4) is 0 Å². The molecule has 176 valence electrons. The predicted molar refractivity (Wildman–Crippen MR) is 130 cm³/mol. The van der Waals surface area contributed by atoms with Gasteiger partial charge in [-0.05, 0) is 31.9 Å². The van der Waals surface area contributed by atoms with Crippen molar-refractivity contribution in [1.82, 2.24) is 20.2 Å². The van der Waals surface area contributed by atoms with Crippen LogP contribution in [0.3, 0.4) is 0 Å². The first-order valence-corrected chi connectivity index (χ1v) is 11.9. The molecule has 33 heavy (non-hydrogen) atoms. The minimum Gasteiger partial charge on any atom is -0.354 e. The van der Waals surface area contributed by atoms with Crippen molar-refractivity contribution in [2.75, 3.05) is 42.9 Å². The number of nitrogens with one attached hydrogen (secondary N) is 2. The maximum absolute atomic E-state index is 12.6. The van der Waals surface area contributed by atoms with Gasteiger partial charge in [-0.25, -0.2) is 9.97 Å². The van der Waals surface area contributed by atoms with Crippen LogP contribution in [0.4, 0.5) is 11.5 Å². The van der Waals surface area contributed by atoms with Crippen molar-refractivity contribution in [2.45, 2.75) is 52.0 Å². The van der Waals surface area contributed by atoms with Crippen LogP contribution in [-0.4, -0.2) is 65.4 Å². The molecule has 8 heteroatoms. The van der Waals surface area contributed by atoms with Crippen molar-refractivity contribution in [3.05, 3.63) is 47.4 Å². The Kier molecular flexibility index (Phi) is 7.23. The average Bonchev–Trinajstić information content (AvgIpc) is 3.62. The van der Waals surface area contributed by atoms with Gasteiger partial charge in [-0.3, -0.25) is 14.5 Å². The quantitative estimate of drug-likeness (QED) is 0.643. The molecule has 0 radical (unpaired) electrons. The fraction of sp³-hybridized carbons (Fsp3) is 0.520. The molecule has 2 aromatic rings. The molecule has 2 aliphatic rings. The van der Waals surface area contributed by atoms with Gasteiger partial charge in [-0.1, -0.05) is 26.0 Å². The number of rotatable bonds is 8. The van der Waals surface area contributed by atoms with E-state index in [9.17, 15) is 9.59 Å². The van der Waals surface area contributed by atoms with E-state index in [2.05, 4.69) is 39.3 Å². The van der Waals surface area contributed by atoms with E-state index in [0.29, 0.717) is 30.1 Å². The van der Waals surface area contributed by atoms with Gasteiger partial charge in [-0.2, -0.15) is 0 Å². The number of carbonyl (C=O) groups excluding carboxylic acids is 2. The summed E-state index contributed by atoms with van der Waals surface area (Å²) in [5.74, 6) is 1.98. The molecule has 2 fully saturated rings. The van der Waals surface area contributed by atoms with E-state index in [1.54, 1.807) is 12.1 Å². The van der Waals surface area contributed by atoms with E-state index in [1.807, 2.05) is 25.1 Å². The Morgan fingerprint density at radius 3 is 2.52 bits per heavy atom. The van der Waals surface area contributed by atoms with Gasteiger partial charge >= 0.3 is 0 Å². The average molecular weight is 451 g/mol. The van der Waals surface area contributed by atoms with E-state index < -0.39 is 0 Å². The lowest BCUT2D eigenvalue weighted by Crippen LogP contribution is -2.47. The number of aryl methyl sites for hydroxylation is 1. The van der Waals surface area contributed by atoms with Crippen LogP contribution < -0.4 is 15.5 Å². The molecule has 2 amide bonds. The third-order valence-electron chi connectivity index (χ3n) is 6.08. The Bertz CT molecular complexity index is 996.